The Balaban J connectivity index is 1.93. The summed E-state index contributed by atoms with van der Waals surface area (Å²) in [6, 6.07) is 8.94. The molecule has 0 fully saturated rings. The molecule has 0 saturated carbocycles. The molecule has 0 aliphatic carbocycles. The van der Waals surface area contributed by atoms with Crippen molar-refractivity contribution in [2.24, 2.45) is 0 Å². The first-order chi connectivity index (χ1) is 9.97. The van der Waals surface area contributed by atoms with E-state index in [0.717, 1.165) is 11.1 Å². The molecule has 4 nitrogen and oxygen atoms in total. The van der Waals surface area contributed by atoms with Gasteiger partial charge in [-0.3, -0.25) is 4.79 Å². The molecule has 2 rings (SSSR count). The smallest absolute Gasteiger partial charge is 0.251 e. The molecular weight excluding hydrogens is 271 g/mol. The van der Waals surface area contributed by atoms with Crippen molar-refractivity contribution in [3.8, 4) is 5.75 Å². The number of phenols is 1. The Morgan fingerprint density at radius 3 is 2.71 bits per heavy atom. The van der Waals surface area contributed by atoms with Gasteiger partial charge >= 0.3 is 0 Å². The van der Waals surface area contributed by atoms with Crippen LogP contribution < -0.4 is 11.1 Å². The maximum absolute atomic E-state index is 13.0. The van der Waals surface area contributed by atoms with Gasteiger partial charge in [0.2, 0.25) is 0 Å². The molecule has 0 bridgehead atoms. The molecule has 0 spiro atoms. The topological polar surface area (TPSA) is 75.4 Å². The minimum atomic E-state index is -0.287. The van der Waals surface area contributed by atoms with E-state index in [0.29, 0.717) is 18.5 Å². The number of anilines is 1. The number of aromatic hydroxyl groups is 1. The molecule has 0 atom stereocenters. The summed E-state index contributed by atoms with van der Waals surface area (Å²) in [5.41, 5.74) is 7.90. The third-order valence-electron chi connectivity index (χ3n) is 3.28. The quantitative estimate of drug-likeness (QED) is 0.597. The molecule has 0 aromatic heterocycles. The van der Waals surface area contributed by atoms with E-state index in [4.69, 9.17) is 5.73 Å². The number of hydrogen-bond acceptors (Lipinski definition) is 3. The van der Waals surface area contributed by atoms with E-state index in [2.05, 4.69) is 5.32 Å². The summed E-state index contributed by atoms with van der Waals surface area (Å²) in [6.07, 6.45) is 0.610. The summed E-state index contributed by atoms with van der Waals surface area (Å²) in [5.74, 6) is -0.667. The third-order valence-corrected chi connectivity index (χ3v) is 3.28. The fraction of sp³-hybridized carbons (Fsp3) is 0.188. The van der Waals surface area contributed by atoms with Crippen LogP contribution in [-0.2, 0) is 6.42 Å². The highest BCUT2D eigenvalue weighted by Crippen LogP contribution is 2.20. The Morgan fingerprint density at radius 1 is 1.29 bits per heavy atom. The van der Waals surface area contributed by atoms with E-state index in [1.54, 1.807) is 12.1 Å². The zero-order chi connectivity index (χ0) is 15.4. The molecule has 0 aliphatic rings. The van der Waals surface area contributed by atoms with Gasteiger partial charge in [0.1, 0.15) is 11.6 Å². The number of aryl methyl sites for hydroxylation is 1. The Labute approximate surface area is 122 Å². The van der Waals surface area contributed by atoms with Crippen molar-refractivity contribution in [3.63, 3.8) is 0 Å². The predicted octanol–water partition coefficient (Wildman–Crippen LogP) is 2.39. The molecule has 5 heteroatoms. The Kier molecular flexibility index (Phi) is 4.42. The van der Waals surface area contributed by atoms with Crippen LogP contribution in [0.4, 0.5) is 10.1 Å². The summed E-state index contributed by atoms with van der Waals surface area (Å²) < 4.78 is 13.0. The number of carbonyl (C=O) groups excluding carboxylic acids is 1. The van der Waals surface area contributed by atoms with Gasteiger partial charge in [0.05, 0.1) is 5.69 Å². The van der Waals surface area contributed by atoms with Crippen LogP contribution in [0.2, 0.25) is 0 Å². The Morgan fingerprint density at radius 2 is 2.05 bits per heavy atom. The molecule has 0 saturated heterocycles. The van der Waals surface area contributed by atoms with Crippen molar-refractivity contribution >= 4 is 11.6 Å². The lowest BCUT2D eigenvalue weighted by Crippen LogP contribution is -2.25. The second-order valence-electron chi connectivity index (χ2n) is 4.85. The fourth-order valence-corrected chi connectivity index (χ4v) is 2.04. The highest BCUT2D eigenvalue weighted by molar-refractivity contribution is 5.95. The van der Waals surface area contributed by atoms with Crippen molar-refractivity contribution < 1.29 is 14.3 Å². The second kappa shape index (κ2) is 6.26. The van der Waals surface area contributed by atoms with E-state index in [1.165, 1.54) is 24.3 Å². The molecule has 21 heavy (non-hydrogen) atoms. The molecule has 110 valence electrons. The number of benzene rings is 2. The average Bonchev–Trinajstić information content (AvgIpc) is 2.44. The van der Waals surface area contributed by atoms with Crippen LogP contribution in [0.5, 0.6) is 5.75 Å². The average molecular weight is 288 g/mol. The summed E-state index contributed by atoms with van der Waals surface area (Å²) in [7, 11) is 0. The molecule has 0 aliphatic heterocycles. The number of nitrogen functional groups attached to an aromatic ring is 1. The number of carbonyl (C=O) groups is 1. The van der Waals surface area contributed by atoms with E-state index < -0.39 is 0 Å². The Hall–Kier alpha value is -2.56. The van der Waals surface area contributed by atoms with Gasteiger partial charge in [-0.15, -0.1) is 0 Å². The molecule has 2 aromatic carbocycles. The molecule has 0 heterocycles. The van der Waals surface area contributed by atoms with E-state index in [9.17, 15) is 14.3 Å². The predicted molar refractivity (Wildman–Crippen MR) is 79.7 cm³/mol. The highest BCUT2D eigenvalue weighted by Gasteiger charge is 2.08. The second-order valence-corrected chi connectivity index (χ2v) is 4.85. The molecule has 0 unspecified atom stereocenters. The molecule has 1 amide bonds. The van der Waals surface area contributed by atoms with Crippen molar-refractivity contribution in [3.05, 3.63) is 58.9 Å². The zero-order valence-electron chi connectivity index (χ0n) is 11.7. The zero-order valence-corrected chi connectivity index (χ0v) is 11.7. The van der Waals surface area contributed by atoms with Crippen LogP contribution >= 0.6 is 0 Å². The van der Waals surface area contributed by atoms with Crippen molar-refractivity contribution in [1.29, 1.82) is 0 Å². The van der Waals surface area contributed by atoms with Crippen LogP contribution in [0.1, 0.15) is 21.5 Å². The summed E-state index contributed by atoms with van der Waals surface area (Å²) in [6.45, 7) is 2.26. The number of nitrogens with one attached hydrogen (secondary N) is 1. The first kappa shape index (κ1) is 14.8. The van der Waals surface area contributed by atoms with Crippen molar-refractivity contribution in [2.75, 3.05) is 12.3 Å². The number of halogens is 1. The van der Waals surface area contributed by atoms with E-state index in [-0.39, 0.29) is 23.2 Å². The number of amides is 1. The third kappa shape index (κ3) is 3.72. The lowest BCUT2D eigenvalue weighted by Gasteiger charge is -2.08. The number of rotatable bonds is 4. The van der Waals surface area contributed by atoms with Crippen molar-refractivity contribution in [2.45, 2.75) is 13.3 Å². The molecular formula is C16H17FN2O2. The number of phenolic OH excluding ortho intramolecular Hbond substituents is 1. The van der Waals surface area contributed by atoms with Crippen LogP contribution in [0.3, 0.4) is 0 Å². The first-order valence-corrected chi connectivity index (χ1v) is 6.59. The van der Waals surface area contributed by atoms with E-state index in [1.807, 2.05) is 6.92 Å². The SMILES string of the molecule is Cc1cc(F)ccc1CCNC(=O)c1ccc(N)c(O)c1. The summed E-state index contributed by atoms with van der Waals surface area (Å²) in [5, 5.41) is 12.2. The van der Waals surface area contributed by atoms with Gasteiger partial charge in [-0.1, -0.05) is 6.07 Å². The largest absolute Gasteiger partial charge is 0.506 e. The van der Waals surface area contributed by atoms with Gasteiger partial charge < -0.3 is 16.2 Å². The molecule has 0 radical (unpaired) electrons. The number of hydrogen-bond donors (Lipinski definition) is 3. The van der Waals surface area contributed by atoms with E-state index >= 15 is 0 Å². The van der Waals surface area contributed by atoms with Gasteiger partial charge in [-0.25, -0.2) is 4.39 Å². The molecule has 2 aromatic rings. The maximum atomic E-state index is 13.0. The summed E-state index contributed by atoms with van der Waals surface area (Å²) >= 11 is 0. The lowest BCUT2D eigenvalue weighted by molar-refractivity contribution is 0.0953. The first-order valence-electron chi connectivity index (χ1n) is 6.59. The maximum Gasteiger partial charge on any atom is 0.251 e. The highest BCUT2D eigenvalue weighted by atomic mass is 19.1. The van der Waals surface area contributed by atoms with Crippen LogP contribution in [-0.4, -0.2) is 17.6 Å². The van der Waals surface area contributed by atoms with Gasteiger partial charge in [-0.05, 0) is 54.8 Å². The van der Waals surface area contributed by atoms with Crippen LogP contribution in [0, 0.1) is 12.7 Å². The minimum Gasteiger partial charge on any atom is -0.506 e. The number of nitrogens with two attached hydrogens (primary N) is 1. The van der Waals surface area contributed by atoms with Gasteiger partial charge in [0.15, 0.2) is 0 Å². The molecule has 4 N–H and O–H groups in total. The Bertz CT molecular complexity index is 671. The normalized spacial score (nSPS) is 10.4. The van der Waals surface area contributed by atoms with Crippen LogP contribution in [0.25, 0.3) is 0 Å². The van der Waals surface area contributed by atoms with Gasteiger partial charge in [-0.2, -0.15) is 0 Å². The standard InChI is InChI=1S/C16H17FN2O2/c1-10-8-13(17)4-2-11(10)6-7-19-16(21)12-3-5-14(18)15(20)9-12/h2-5,8-9,20H,6-7,18H2,1H3,(H,19,21). The lowest BCUT2D eigenvalue weighted by atomic mass is 10.1. The fourth-order valence-electron chi connectivity index (χ4n) is 2.04. The van der Waals surface area contributed by atoms with Crippen molar-refractivity contribution in [1.82, 2.24) is 5.32 Å². The van der Waals surface area contributed by atoms with Crippen LogP contribution in [0.15, 0.2) is 36.4 Å². The summed E-state index contributed by atoms with van der Waals surface area (Å²) in [4.78, 5) is 11.9. The monoisotopic (exact) mass is 288 g/mol. The minimum absolute atomic E-state index is 0.114. The van der Waals surface area contributed by atoms with Gasteiger partial charge in [0.25, 0.3) is 5.91 Å². The van der Waals surface area contributed by atoms with Gasteiger partial charge in [0, 0.05) is 12.1 Å².